The molecule has 0 aromatic carbocycles. The Morgan fingerprint density at radius 1 is 1.32 bits per heavy atom. The van der Waals surface area contributed by atoms with Crippen LogP contribution < -0.4 is 10.1 Å². The third-order valence-electron chi connectivity index (χ3n) is 2.59. The lowest BCUT2D eigenvalue weighted by molar-refractivity contribution is -0.133. The van der Waals surface area contributed by atoms with Crippen LogP contribution in [0.15, 0.2) is 18.3 Å². The average molecular weight is 268 g/mol. The molecule has 0 aliphatic heterocycles. The highest BCUT2D eigenvalue weighted by Crippen LogP contribution is 2.15. The van der Waals surface area contributed by atoms with Crippen molar-refractivity contribution >= 4 is 11.6 Å². The third kappa shape index (κ3) is 4.84. The zero-order valence-corrected chi connectivity index (χ0v) is 11.7. The molecular formula is C13H20N2O4. The van der Waals surface area contributed by atoms with E-state index >= 15 is 0 Å². The minimum Gasteiger partial charge on any atom is -0.475 e. The second kappa shape index (κ2) is 7.06. The second-order valence-corrected chi connectivity index (χ2v) is 4.39. The Labute approximate surface area is 113 Å². The molecule has 0 unspecified atom stereocenters. The predicted octanol–water partition coefficient (Wildman–Crippen LogP) is 1.47. The van der Waals surface area contributed by atoms with Gasteiger partial charge in [-0.3, -0.25) is 4.79 Å². The third-order valence-corrected chi connectivity index (χ3v) is 2.59. The molecule has 0 spiro atoms. The molecule has 6 nitrogen and oxygen atoms in total. The van der Waals surface area contributed by atoms with Crippen molar-refractivity contribution in [3.63, 3.8) is 0 Å². The molecule has 1 N–H and O–H groups in total. The van der Waals surface area contributed by atoms with Gasteiger partial charge in [-0.05, 0) is 19.9 Å². The molecule has 0 aliphatic rings. The minimum atomic E-state index is -0.881. The molecule has 1 aromatic rings. The number of nitrogens with one attached hydrogen (secondary N) is 1. The van der Waals surface area contributed by atoms with Crippen molar-refractivity contribution < 1.29 is 19.0 Å². The van der Waals surface area contributed by atoms with Crippen molar-refractivity contribution in [1.82, 2.24) is 4.98 Å². The first-order valence-electron chi connectivity index (χ1n) is 5.94. The average Bonchev–Trinajstić information content (AvgIpc) is 2.41. The zero-order valence-electron chi connectivity index (χ0n) is 11.7. The second-order valence-electron chi connectivity index (χ2n) is 4.39. The summed E-state index contributed by atoms with van der Waals surface area (Å²) in [6.45, 7) is 4.32. The molecule has 0 bridgehead atoms. The number of ether oxygens (including phenoxy) is 3. The first-order valence-corrected chi connectivity index (χ1v) is 5.94. The van der Waals surface area contributed by atoms with Gasteiger partial charge in [-0.25, -0.2) is 4.98 Å². The summed E-state index contributed by atoms with van der Waals surface area (Å²) in [4.78, 5) is 15.9. The van der Waals surface area contributed by atoms with Gasteiger partial charge in [0.25, 0.3) is 5.91 Å². The van der Waals surface area contributed by atoms with Gasteiger partial charge in [0, 0.05) is 20.3 Å². The van der Waals surface area contributed by atoms with Gasteiger partial charge in [0.15, 0.2) is 0 Å². The molecule has 0 saturated carbocycles. The van der Waals surface area contributed by atoms with Crippen LogP contribution in [0.1, 0.15) is 13.8 Å². The van der Waals surface area contributed by atoms with Gasteiger partial charge in [0.2, 0.25) is 5.88 Å². The lowest BCUT2D eigenvalue weighted by Crippen LogP contribution is -2.38. The summed E-state index contributed by atoms with van der Waals surface area (Å²) in [5, 5.41) is 2.72. The molecule has 6 heteroatoms. The van der Waals surface area contributed by atoms with E-state index in [1.54, 1.807) is 33.1 Å². The molecule has 0 atom stereocenters. The van der Waals surface area contributed by atoms with E-state index in [1.807, 2.05) is 0 Å². The normalized spacial score (nSPS) is 11.2. The van der Waals surface area contributed by atoms with Crippen LogP contribution in [-0.2, 0) is 14.3 Å². The van der Waals surface area contributed by atoms with E-state index in [0.717, 1.165) is 0 Å². The van der Waals surface area contributed by atoms with Crippen LogP contribution in [0.3, 0.4) is 0 Å². The van der Waals surface area contributed by atoms with Crippen LogP contribution in [0.4, 0.5) is 5.69 Å². The van der Waals surface area contributed by atoms with E-state index in [-0.39, 0.29) is 5.91 Å². The molecule has 1 rings (SSSR count). The summed E-state index contributed by atoms with van der Waals surface area (Å²) >= 11 is 0. The lowest BCUT2D eigenvalue weighted by atomic mass is 10.1. The summed E-state index contributed by atoms with van der Waals surface area (Å²) in [6.07, 6.45) is 1.53. The maximum Gasteiger partial charge on any atom is 0.256 e. The number of methoxy groups -OCH3 is 2. The van der Waals surface area contributed by atoms with Crippen LogP contribution in [0, 0.1) is 0 Å². The number of nitrogens with zero attached hydrogens (tertiary/aromatic N) is 1. The van der Waals surface area contributed by atoms with E-state index in [1.165, 1.54) is 13.3 Å². The van der Waals surface area contributed by atoms with E-state index in [2.05, 4.69) is 10.3 Å². The Balaban J connectivity index is 2.55. The molecule has 1 aromatic heterocycles. The molecule has 0 radical (unpaired) electrons. The Morgan fingerprint density at radius 2 is 2.05 bits per heavy atom. The first kappa shape index (κ1) is 15.4. The number of amides is 1. The Morgan fingerprint density at radius 3 is 2.58 bits per heavy atom. The zero-order chi connectivity index (χ0) is 14.3. The summed E-state index contributed by atoms with van der Waals surface area (Å²) in [5.74, 6) is 0.255. The molecular weight excluding hydrogens is 248 g/mol. The number of carbonyl (C=O) groups excluding carboxylic acids is 1. The van der Waals surface area contributed by atoms with Gasteiger partial charge in [0.1, 0.15) is 12.2 Å². The number of hydrogen-bond acceptors (Lipinski definition) is 5. The van der Waals surface area contributed by atoms with Gasteiger partial charge >= 0.3 is 0 Å². The monoisotopic (exact) mass is 268 g/mol. The number of hydrogen-bond donors (Lipinski definition) is 1. The summed E-state index contributed by atoms with van der Waals surface area (Å²) in [6, 6.07) is 3.41. The van der Waals surface area contributed by atoms with E-state index in [0.29, 0.717) is 24.8 Å². The highest BCUT2D eigenvalue weighted by molar-refractivity contribution is 5.96. The molecule has 0 saturated heterocycles. The predicted molar refractivity (Wildman–Crippen MR) is 71.3 cm³/mol. The van der Waals surface area contributed by atoms with Gasteiger partial charge < -0.3 is 19.5 Å². The molecule has 0 aliphatic carbocycles. The standard InChI is InChI=1S/C13H20N2O4/c1-13(2,18-4)12(16)15-10-5-6-11(14-9-10)19-8-7-17-3/h5-6,9H,7-8H2,1-4H3,(H,15,16). The molecule has 19 heavy (non-hydrogen) atoms. The largest absolute Gasteiger partial charge is 0.475 e. The van der Waals surface area contributed by atoms with Crippen molar-refractivity contribution in [2.24, 2.45) is 0 Å². The molecule has 0 fully saturated rings. The van der Waals surface area contributed by atoms with E-state index in [9.17, 15) is 4.79 Å². The smallest absolute Gasteiger partial charge is 0.256 e. The molecule has 106 valence electrons. The number of aromatic nitrogens is 1. The van der Waals surface area contributed by atoms with E-state index in [4.69, 9.17) is 14.2 Å². The number of anilines is 1. The summed E-state index contributed by atoms with van der Waals surface area (Å²) < 4.78 is 15.3. The van der Waals surface area contributed by atoms with Gasteiger partial charge in [-0.15, -0.1) is 0 Å². The number of pyridine rings is 1. The van der Waals surface area contributed by atoms with Gasteiger partial charge in [0.05, 0.1) is 18.5 Å². The number of carbonyl (C=O) groups is 1. The Kier molecular flexibility index (Phi) is 5.72. The van der Waals surface area contributed by atoms with Crippen molar-refractivity contribution in [2.75, 3.05) is 32.8 Å². The highest BCUT2D eigenvalue weighted by Gasteiger charge is 2.26. The Bertz CT molecular complexity index is 404. The summed E-state index contributed by atoms with van der Waals surface area (Å²) in [7, 11) is 3.09. The molecule has 1 amide bonds. The van der Waals surface area contributed by atoms with Gasteiger partial charge in [-0.2, -0.15) is 0 Å². The van der Waals surface area contributed by atoms with E-state index < -0.39 is 5.60 Å². The van der Waals surface area contributed by atoms with Gasteiger partial charge in [-0.1, -0.05) is 0 Å². The maximum atomic E-state index is 11.8. The van der Waals surface area contributed by atoms with Crippen LogP contribution in [-0.4, -0.2) is 43.9 Å². The quantitative estimate of drug-likeness (QED) is 0.758. The Hall–Kier alpha value is -1.66. The minimum absolute atomic E-state index is 0.232. The van der Waals surface area contributed by atoms with Crippen LogP contribution in [0.2, 0.25) is 0 Å². The molecule has 1 heterocycles. The number of rotatable bonds is 7. The van der Waals surface area contributed by atoms with Crippen LogP contribution >= 0.6 is 0 Å². The van der Waals surface area contributed by atoms with Crippen molar-refractivity contribution in [1.29, 1.82) is 0 Å². The fraction of sp³-hybridized carbons (Fsp3) is 0.538. The SMILES string of the molecule is COCCOc1ccc(NC(=O)C(C)(C)OC)cn1. The van der Waals surface area contributed by atoms with Crippen LogP contribution in [0.5, 0.6) is 5.88 Å². The van der Waals surface area contributed by atoms with Crippen molar-refractivity contribution in [2.45, 2.75) is 19.4 Å². The van der Waals surface area contributed by atoms with Crippen LogP contribution in [0.25, 0.3) is 0 Å². The fourth-order valence-electron chi connectivity index (χ4n) is 1.14. The summed E-state index contributed by atoms with van der Waals surface area (Å²) in [5.41, 5.74) is -0.289. The maximum absolute atomic E-state index is 11.8. The van der Waals surface area contributed by atoms with Crippen molar-refractivity contribution in [3.8, 4) is 5.88 Å². The topological polar surface area (TPSA) is 69.7 Å². The first-order chi connectivity index (χ1) is 8.99. The lowest BCUT2D eigenvalue weighted by Gasteiger charge is -2.21. The highest BCUT2D eigenvalue weighted by atomic mass is 16.5. The van der Waals surface area contributed by atoms with Crippen molar-refractivity contribution in [3.05, 3.63) is 18.3 Å². The fourth-order valence-corrected chi connectivity index (χ4v) is 1.14.